The minimum absolute atomic E-state index is 0.0221. The Morgan fingerprint density at radius 1 is 1.28 bits per heavy atom. The SMILES string of the molecule is CCOCC(=O)NNC(=S)NC(=O)c1ccc(OCC(C)C)c(Br)c1. The summed E-state index contributed by atoms with van der Waals surface area (Å²) < 4.78 is 11.2. The number of hydrogen-bond donors (Lipinski definition) is 3. The fourth-order valence-corrected chi connectivity index (χ4v) is 2.22. The van der Waals surface area contributed by atoms with E-state index in [1.54, 1.807) is 25.1 Å². The van der Waals surface area contributed by atoms with Crippen molar-refractivity contribution in [3.63, 3.8) is 0 Å². The van der Waals surface area contributed by atoms with Gasteiger partial charge in [0.25, 0.3) is 11.8 Å². The van der Waals surface area contributed by atoms with E-state index in [0.717, 1.165) is 0 Å². The van der Waals surface area contributed by atoms with Crippen molar-refractivity contribution in [1.29, 1.82) is 0 Å². The van der Waals surface area contributed by atoms with E-state index in [2.05, 4.69) is 45.9 Å². The third-order valence-corrected chi connectivity index (χ3v) is 3.57. The minimum atomic E-state index is -0.410. The zero-order valence-corrected chi connectivity index (χ0v) is 16.8. The van der Waals surface area contributed by atoms with Gasteiger partial charge in [-0.05, 0) is 59.2 Å². The van der Waals surface area contributed by atoms with Gasteiger partial charge in [-0.15, -0.1) is 0 Å². The third-order valence-electron chi connectivity index (χ3n) is 2.75. The van der Waals surface area contributed by atoms with Crippen LogP contribution in [0, 0.1) is 5.92 Å². The molecule has 138 valence electrons. The molecule has 0 fully saturated rings. The number of rotatable bonds is 7. The quantitative estimate of drug-likeness (QED) is 0.452. The lowest BCUT2D eigenvalue weighted by molar-refractivity contribution is -0.126. The Hall–Kier alpha value is -1.71. The molecule has 0 aromatic heterocycles. The highest BCUT2D eigenvalue weighted by molar-refractivity contribution is 9.10. The topological polar surface area (TPSA) is 88.7 Å². The number of carbonyl (C=O) groups is 2. The number of thiocarbonyl (C=S) groups is 1. The first kappa shape index (κ1) is 21.3. The molecule has 0 atom stereocenters. The summed E-state index contributed by atoms with van der Waals surface area (Å²) in [5, 5.41) is 2.45. The predicted molar refractivity (Wildman–Crippen MR) is 102 cm³/mol. The first-order valence-corrected chi connectivity index (χ1v) is 8.93. The van der Waals surface area contributed by atoms with E-state index >= 15 is 0 Å². The van der Waals surface area contributed by atoms with Crippen LogP contribution in [0.3, 0.4) is 0 Å². The Balaban J connectivity index is 2.52. The maximum atomic E-state index is 12.2. The van der Waals surface area contributed by atoms with Gasteiger partial charge in [0.05, 0.1) is 11.1 Å². The number of ether oxygens (including phenoxy) is 2. The molecule has 0 aliphatic heterocycles. The third kappa shape index (κ3) is 8.28. The van der Waals surface area contributed by atoms with Crippen LogP contribution in [0.15, 0.2) is 22.7 Å². The second kappa shape index (κ2) is 11.0. The molecule has 0 aliphatic carbocycles. The molecule has 7 nitrogen and oxygen atoms in total. The van der Waals surface area contributed by atoms with E-state index in [0.29, 0.717) is 34.9 Å². The average molecular weight is 432 g/mol. The highest BCUT2D eigenvalue weighted by atomic mass is 79.9. The standard InChI is InChI=1S/C16H22BrN3O4S/c1-4-23-9-14(21)19-20-16(25)18-15(22)11-5-6-13(12(17)7-11)24-8-10(2)3/h5-7,10H,4,8-9H2,1-3H3,(H,19,21)(H2,18,20,22,25). The van der Waals surface area contributed by atoms with Crippen molar-refractivity contribution in [2.75, 3.05) is 19.8 Å². The Labute approximate surface area is 160 Å². The number of hydrazine groups is 1. The van der Waals surface area contributed by atoms with Crippen molar-refractivity contribution < 1.29 is 19.1 Å². The number of hydrogen-bond acceptors (Lipinski definition) is 5. The molecule has 2 amide bonds. The lowest BCUT2D eigenvalue weighted by Crippen LogP contribution is -2.49. The van der Waals surface area contributed by atoms with Gasteiger partial charge in [0.15, 0.2) is 5.11 Å². The molecule has 0 saturated carbocycles. The van der Waals surface area contributed by atoms with E-state index in [1.165, 1.54) is 0 Å². The van der Waals surface area contributed by atoms with Crippen molar-refractivity contribution >= 4 is 45.1 Å². The monoisotopic (exact) mass is 431 g/mol. The number of nitrogens with one attached hydrogen (secondary N) is 3. The summed E-state index contributed by atoms with van der Waals surface area (Å²) >= 11 is 8.34. The van der Waals surface area contributed by atoms with E-state index in [9.17, 15) is 9.59 Å². The van der Waals surface area contributed by atoms with Crippen molar-refractivity contribution in [3.8, 4) is 5.75 Å². The maximum Gasteiger partial charge on any atom is 0.264 e. The maximum absolute atomic E-state index is 12.2. The van der Waals surface area contributed by atoms with E-state index in [-0.39, 0.29) is 11.7 Å². The molecule has 0 radical (unpaired) electrons. The first-order chi connectivity index (χ1) is 11.8. The van der Waals surface area contributed by atoms with Crippen LogP contribution in [0.4, 0.5) is 0 Å². The van der Waals surface area contributed by atoms with E-state index in [1.807, 2.05) is 0 Å². The van der Waals surface area contributed by atoms with Gasteiger partial charge in [-0.2, -0.15) is 0 Å². The molecule has 3 N–H and O–H groups in total. The van der Waals surface area contributed by atoms with Gasteiger partial charge in [-0.25, -0.2) is 0 Å². The number of benzene rings is 1. The highest BCUT2D eigenvalue weighted by Crippen LogP contribution is 2.26. The van der Waals surface area contributed by atoms with Gasteiger partial charge in [-0.3, -0.25) is 25.8 Å². The zero-order valence-electron chi connectivity index (χ0n) is 14.3. The molecule has 0 heterocycles. The fourth-order valence-electron chi connectivity index (χ4n) is 1.58. The van der Waals surface area contributed by atoms with Gasteiger partial charge in [-0.1, -0.05) is 13.8 Å². The molecule has 1 aromatic rings. The minimum Gasteiger partial charge on any atom is -0.492 e. The Kier molecular flexibility index (Phi) is 9.40. The Morgan fingerprint density at radius 2 is 2.00 bits per heavy atom. The van der Waals surface area contributed by atoms with Gasteiger partial charge in [0.2, 0.25) is 0 Å². The van der Waals surface area contributed by atoms with Crippen LogP contribution in [0.5, 0.6) is 5.75 Å². The Morgan fingerprint density at radius 3 is 2.60 bits per heavy atom. The van der Waals surface area contributed by atoms with Gasteiger partial charge in [0.1, 0.15) is 12.4 Å². The van der Waals surface area contributed by atoms with E-state index in [4.69, 9.17) is 21.7 Å². The molecule has 0 saturated heterocycles. The van der Waals surface area contributed by atoms with Crippen LogP contribution in [0.25, 0.3) is 0 Å². The molecular formula is C16H22BrN3O4S. The lowest BCUT2D eigenvalue weighted by atomic mass is 10.2. The highest BCUT2D eigenvalue weighted by Gasteiger charge is 2.11. The molecule has 0 spiro atoms. The molecule has 9 heteroatoms. The molecule has 0 unspecified atom stereocenters. The number of halogens is 1. The normalized spacial score (nSPS) is 10.3. The summed E-state index contributed by atoms with van der Waals surface area (Å²) in [5.41, 5.74) is 5.15. The molecule has 25 heavy (non-hydrogen) atoms. The largest absolute Gasteiger partial charge is 0.492 e. The molecule has 0 aliphatic rings. The van der Waals surface area contributed by atoms with Gasteiger partial charge in [0, 0.05) is 12.2 Å². The van der Waals surface area contributed by atoms with Crippen LogP contribution in [-0.2, 0) is 9.53 Å². The number of amides is 2. The molecule has 1 aromatic carbocycles. The smallest absolute Gasteiger partial charge is 0.264 e. The first-order valence-electron chi connectivity index (χ1n) is 7.73. The molecule has 0 bridgehead atoms. The van der Waals surface area contributed by atoms with Crippen LogP contribution >= 0.6 is 28.1 Å². The fraction of sp³-hybridized carbons (Fsp3) is 0.438. The van der Waals surface area contributed by atoms with Crippen molar-refractivity contribution in [2.24, 2.45) is 5.92 Å². The lowest BCUT2D eigenvalue weighted by Gasteiger charge is -2.13. The summed E-state index contributed by atoms with van der Waals surface area (Å²) in [4.78, 5) is 23.5. The van der Waals surface area contributed by atoms with Gasteiger partial charge >= 0.3 is 0 Å². The van der Waals surface area contributed by atoms with Crippen LogP contribution in [0.2, 0.25) is 0 Å². The summed E-state index contributed by atoms with van der Waals surface area (Å²) in [6.45, 7) is 6.81. The van der Waals surface area contributed by atoms with Crippen LogP contribution in [-0.4, -0.2) is 36.7 Å². The van der Waals surface area contributed by atoms with Crippen LogP contribution in [0.1, 0.15) is 31.1 Å². The van der Waals surface area contributed by atoms with Crippen molar-refractivity contribution in [1.82, 2.24) is 16.2 Å². The summed E-state index contributed by atoms with van der Waals surface area (Å²) in [6.07, 6.45) is 0. The summed E-state index contributed by atoms with van der Waals surface area (Å²) in [6, 6.07) is 4.98. The van der Waals surface area contributed by atoms with Gasteiger partial charge < -0.3 is 9.47 Å². The second-order valence-electron chi connectivity index (χ2n) is 5.44. The average Bonchev–Trinajstić information content (AvgIpc) is 2.56. The Bertz CT molecular complexity index is 625. The molecular weight excluding hydrogens is 410 g/mol. The van der Waals surface area contributed by atoms with Crippen LogP contribution < -0.4 is 20.9 Å². The number of carbonyl (C=O) groups excluding carboxylic acids is 2. The second-order valence-corrected chi connectivity index (χ2v) is 6.71. The van der Waals surface area contributed by atoms with Crippen molar-refractivity contribution in [2.45, 2.75) is 20.8 Å². The summed E-state index contributed by atoms with van der Waals surface area (Å²) in [5.74, 6) is 0.255. The predicted octanol–water partition coefficient (Wildman–Crippen LogP) is 2.16. The molecule has 1 rings (SSSR count). The zero-order chi connectivity index (χ0) is 18.8. The van der Waals surface area contributed by atoms with E-state index < -0.39 is 11.8 Å². The van der Waals surface area contributed by atoms with Crippen molar-refractivity contribution in [3.05, 3.63) is 28.2 Å². The summed E-state index contributed by atoms with van der Waals surface area (Å²) in [7, 11) is 0.